The number of urea groups is 1. The molecule has 1 unspecified atom stereocenters. The molecule has 0 spiro atoms. The molecule has 1 fully saturated rings. The first kappa shape index (κ1) is 25.2. The molecule has 2 heterocycles. The highest BCUT2D eigenvalue weighted by molar-refractivity contribution is 7.92. The van der Waals surface area contributed by atoms with Crippen LogP contribution in [0.2, 0.25) is 0 Å². The number of pyridine rings is 1. The Morgan fingerprint density at radius 3 is 2.31 bits per heavy atom. The third kappa shape index (κ3) is 4.89. The van der Waals surface area contributed by atoms with Gasteiger partial charge in [-0.3, -0.25) is 4.79 Å². The van der Waals surface area contributed by atoms with Gasteiger partial charge in [-0.05, 0) is 48.4 Å². The third-order valence-electron chi connectivity index (χ3n) is 5.56. The van der Waals surface area contributed by atoms with Crippen LogP contribution in [0.3, 0.4) is 0 Å². The van der Waals surface area contributed by atoms with Gasteiger partial charge in [0.2, 0.25) is 5.88 Å². The summed E-state index contributed by atoms with van der Waals surface area (Å²) < 4.78 is 67.2. The van der Waals surface area contributed by atoms with E-state index in [9.17, 15) is 31.2 Å². The number of imide groups is 1. The lowest BCUT2D eigenvalue weighted by Crippen LogP contribution is -2.46. The van der Waals surface area contributed by atoms with E-state index in [1.54, 1.807) is 12.1 Å². The van der Waals surface area contributed by atoms with Gasteiger partial charge in [-0.25, -0.2) is 23.1 Å². The maximum absolute atomic E-state index is 13.2. The zero-order chi connectivity index (χ0) is 26.1. The van der Waals surface area contributed by atoms with E-state index < -0.39 is 37.7 Å². The fourth-order valence-electron chi connectivity index (χ4n) is 3.73. The van der Waals surface area contributed by atoms with E-state index in [0.29, 0.717) is 23.6 Å². The van der Waals surface area contributed by atoms with E-state index in [4.69, 9.17) is 4.74 Å². The Balaban J connectivity index is 1.50. The van der Waals surface area contributed by atoms with Crippen molar-refractivity contribution in [1.29, 1.82) is 0 Å². The molecule has 188 valence electrons. The van der Waals surface area contributed by atoms with Gasteiger partial charge in [-0.1, -0.05) is 30.3 Å². The molecule has 1 aromatic heterocycles. The number of anilines is 1. The Morgan fingerprint density at radius 2 is 1.67 bits per heavy atom. The number of amides is 3. The van der Waals surface area contributed by atoms with Crippen molar-refractivity contribution < 1.29 is 35.9 Å². The van der Waals surface area contributed by atoms with Gasteiger partial charge in [0.25, 0.3) is 15.7 Å². The second-order valence-electron chi connectivity index (χ2n) is 8.30. The lowest BCUT2D eigenvalue weighted by molar-refractivity contribution is -0.121. The summed E-state index contributed by atoms with van der Waals surface area (Å²) in [5, 5.41) is 2.60. The molecule has 0 aliphatic carbocycles. The first-order valence-corrected chi connectivity index (χ1v) is 12.1. The van der Waals surface area contributed by atoms with Crippen LogP contribution in [-0.4, -0.2) is 36.4 Å². The number of hydrogen-bond donors (Lipinski definition) is 1. The Kier molecular flexibility index (Phi) is 6.48. The fourth-order valence-corrected chi connectivity index (χ4v) is 4.49. The van der Waals surface area contributed by atoms with Gasteiger partial charge in [0.05, 0.1) is 10.6 Å². The molecule has 0 radical (unpaired) electrons. The standard InChI is InChI=1S/C24H20F3N3O5S/c1-23(14-17-11-12-28-20(13-17)35-15-16-5-3-2-4-6-16)21(31)30(22(32)29-23)18-7-9-19(10-8-18)36(33,34)24(25,26)27/h2-13H,14-15H2,1H3,(H,29,32). The summed E-state index contributed by atoms with van der Waals surface area (Å²) in [4.78, 5) is 29.7. The summed E-state index contributed by atoms with van der Waals surface area (Å²) in [7, 11) is -5.56. The SMILES string of the molecule is CC1(Cc2ccnc(OCc3ccccc3)c2)NC(=O)N(c2ccc(S(=O)(=O)C(F)(F)F)cc2)C1=O. The van der Waals surface area contributed by atoms with Gasteiger partial charge in [-0.2, -0.15) is 13.2 Å². The molecule has 4 rings (SSSR count). The van der Waals surface area contributed by atoms with E-state index in [1.165, 1.54) is 13.1 Å². The minimum absolute atomic E-state index is 0.0658. The number of rotatable bonds is 7. The lowest BCUT2D eigenvalue weighted by atomic mass is 9.93. The summed E-state index contributed by atoms with van der Waals surface area (Å²) in [6, 6.07) is 15.3. The van der Waals surface area contributed by atoms with Crippen LogP contribution in [0, 0.1) is 0 Å². The van der Waals surface area contributed by atoms with E-state index in [1.807, 2.05) is 30.3 Å². The second-order valence-corrected chi connectivity index (χ2v) is 10.2. The van der Waals surface area contributed by atoms with Crippen molar-refractivity contribution in [3.05, 3.63) is 84.1 Å². The molecule has 1 N–H and O–H groups in total. The Hall–Kier alpha value is -3.93. The molecular formula is C24H20F3N3O5S. The van der Waals surface area contributed by atoms with E-state index in [2.05, 4.69) is 10.3 Å². The van der Waals surface area contributed by atoms with Crippen LogP contribution in [0.25, 0.3) is 0 Å². The van der Waals surface area contributed by atoms with Crippen LogP contribution < -0.4 is 15.0 Å². The summed E-state index contributed by atoms with van der Waals surface area (Å²) in [6.07, 6.45) is 1.59. The number of carbonyl (C=O) groups excluding carboxylic acids is 2. The number of carbonyl (C=O) groups is 2. The maximum atomic E-state index is 13.2. The number of ether oxygens (including phenoxy) is 1. The largest absolute Gasteiger partial charge is 0.501 e. The van der Waals surface area contributed by atoms with Crippen molar-refractivity contribution in [2.24, 2.45) is 0 Å². The highest BCUT2D eigenvalue weighted by atomic mass is 32.2. The number of hydrogen-bond acceptors (Lipinski definition) is 6. The van der Waals surface area contributed by atoms with Crippen molar-refractivity contribution >= 4 is 27.5 Å². The molecule has 2 aromatic carbocycles. The van der Waals surface area contributed by atoms with E-state index in [-0.39, 0.29) is 18.7 Å². The molecule has 1 saturated heterocycles. The van der Waals surface area contributed by atoms with Crippen molar-refractivity contribution in [3.63, 3.8) is 0 Å². The van der Waals surface area contributed by atoms with Gasteiger partial charge in [0.1, 0.15) is 12.1 Å². The van der Waals surface area contributed by atoms with Crippen molar-refractivity contribution in [2.45, 2.75) is 35.9 Å². The van der Waals surface area contributed by atoms with Gasteiger partial charge in [0.15, 0.2) is 0 Å². The number of nitrogens with one attached hydrogen (secondary N) is 1. The number of sulfone groups is 1. The molecule has 3 amide bonds. The first-order chi connectivity index (χ1) is 16.9. The normalized spacial score (nSPS) is 18.3. The molecular weight excluding hydrogens is 499 g/mol. The summed E-state index contributed by atoms with van der Waals surface area (Å²) in [5.41, 5.74) is -5.31. The molecule has 12 heteroatoms. The van der Waals surface area contributed by atoms with Crippen LogP contribution in [0.15, 0.2) is 77.8 Å². The van der Waals surface area contributed by atoms with Gasteiger partial charge >= 0.3 is 11.5 Å². The van der Waals surface area contributed by atoms with E-state index >= 15 is 0 Å². The minimum atomic E-state index is -5.56. The molecule has 0 bridgehead atoms. The van der Waals surface area contributed by atoms with Crippen molar-refractivity contribution in [1.82, 2.24) is 10.3 Å². The summed E-state index contributed by atoms with van der Waals surface area (Å²) in [5.74, 6) is -0.322. The van der Waals surface area contributed by atoms with Crippen LogP contribution in [-0.2, 0) is 27.7 Å². The lowest BCUT2D eigenvalue weighted by Gasteiger charge is -2.22. The maximum Gasteiger partial charge on any atom is 0.501 e. The number of alkyl halides is 3. The van der Waals surface area contributed by atoms with Gasteiger partial charge < -0.3 is 10.1 Å². The van der Waals surface area contributed by atoms with Gasteiger partial charge in [0, 0.05) is 18.7 Å². The Bertz CT molecular complexity index is 1400. The molecule has 1 atom stereocenters. The Morgan fingerprint density at radius 1 is 1.00 bits per heavy atom. The molecule has 1 aliphatic rings. The highest BCUT2D eigenvalue weighted by Gasteiger charge is 2.49. The fraction of sp³-hybridized carbons (Fsp3) is 0.208. The van der Waals surface area contributed by atoms with Crippen LogP contribution in [0.5, 0.6) is 5.88 Å². The zero-order valence-corrected chi connectivity index (χ0v) is 19.6. The van der Waals surface area contributed by atoms with Crippen molar-refractivity contribution in [2.75, 3.05) is 4.90 Å². The molecule has 0 saturated carbocycles. The molecule has 1 aliphatic heterocycles. The third-order valence-corrected chi connectivity index (χ3v) is 7.06. The molecule has 36 heavy (non-hydrogen) atoms. The molecule has 3 aromatic rings. The summed E-state index contributed by atoms with van der Waals surface area (Å²) in [6.45, 7) is 1.80. The second kappa shape index (κ2) is 9.26. The van der Waals surface area contributed by atoms with Crippen LogP contribution >= 0.6 is 0 Å². The summed E-state index contributed by atoms with van der Waals surface area (Å²) >= 11 is 0. The predicted molar refractivity (Wildman–Crippen MR) is 123 cm³/mol. The Labute approximate surface area is 204 Å². The number of benzene rings is 2. The zero-order valence-electron chi connectivity index (χ0n) is 18.8. The van der Waals surface area contributed by atoms with E-state index in [0.717, 1.165) is 22.6 Å². The quantitative estimate of drug-likeness (QED) is 0.473. The van der Waals surface area contributed by atoms with Crippen LogP contribution in [0.4, 0.5) is 23.7 Å². The smallest absolute Gasteiger partial charge is 0.473 e. The number of aromatic nitrogens is 1. The number of halogens is 3. The van der Waals surface area contributed by atoms with Crippen molar-refractivity contribution in [3.8, 4) is 5.88 Å². The van der Waals surface area contributed by atoms with Gasteiger partial charge in [-0.15, -0.1) is 0 Å². The monoisotopic (exact) mass is 519 g/mol. The van der Waals surface area contributed by atoms with Crippen LogP contribution in [0.1, 0.15) is 18.1 Å². The topological polar surface area (TPSA) is 106 Å². The highest BCUT2D eigenvalue weighted by Crippen LogP contribution is 2.33. The average molecular weight is 520 g/mol. The minimum Gasteiger partial charge on any atom is -0.473 e. The number of nitrogens with zero attached hydrogens (tertiary/aromatic N) is 2. The molecule has 8 nitrogen and oxygen atoms in total. The predicted octanol–water partition coefficient (Wildman–Crippen LogP) is 4.01. The first-order valence-electron chi connectivity index (χ1n) is 10.6. The average Bonchev–Trinajstić information content (AvgIpc) is 3.05.